The van der Waals surface area contributed by atoms with Gasteiger partial charge in [0.25, 0.3) is 5.92 Å². The Balaban J connectivity index is 1.83. The molecule has 3 unspecified atom stereocenters. The number of rotatable bonds is 8. The van der Waals surface area contributed by atoms with Crippen LogP contribution in [0.1, 0.15) is 5.56 Å². The van der Waals surface area contributed by atoms with Crippen molar-refractivity contribution in [2.24, 2.45) is 11.8 Å². The minimum atomic E-state index is -2.87. The monoisotopic (exact) mass is 299 g/mol. The number of aliphatic hydroxyl groups excluding tert-OH is 1. The van der Waals surface area contributed by atoms with Crippen molar-refractivity contribution in [3.05, 3.63) is 35.9 Å². The Morgan fingerprint density at radius 3 is 2.62 bits per heavy atom. The maximum absolute atomic E-state index is 13.8. The average molecular weight is 299 g/mol. The van der Waals surface area contributed by atoms with Crippen LogP contribution in [0.15, 0.2) is 30.3 Å². The molecule has 3 N–H and O–H groups in total. The van der Waals surface area contributed by atoms with Crippen LogP contribution in [0.25, 0.3) is 0 Å². The summed E-state index contributed by atoms with van der Waals surface area (Å²) in [5.74, 6) is -4.80. The minimum Gasteiger partial charge on any atom is -0.437 e. The summed E-state index contributed by atoms with van der Waals surface area (Å²) in [5.41, 5.74) is 0.929. The molecule has 1 saturated carbocycles. The summed E-state index contributed by atoms with van der Waals surface area (Å²) in [5, 5.41) is 21.0. The van der Waals surface area contributed by atoms with Gasteiger partial charge in [0, 0.05) is 6.04 Å². The van der Waals surface area contributed by atoms with Gasteiger partial charge in [-0.1, -0.05) is 30.3 Å². The van der Waals surface area contributed by atoms with Gasteiger partial charge in [0.15, 0.2) is 0 Å². The van der Waals surface area contributed by atoms with E-state index < -0.39 is 37.5 Å². The van der Waals surface area contributed by atoms with Crippen LogP contribution in [0.4, 0.5) is 8.78 Å². The third-order valence-corrected chi connectivity index (χ3v) is 3.76. The molecule has 7 heteroatoms. The average Bonchev–Trinajstić information content (AvgIpc) is 2.98. The van der Waals surface area contributed by atoms with Crippen molar-refractivity contribution in [2.75, 3.05) is 13.2 Å². The molecular formula is C14H20BF2NO3. The Morgan fingerprint density at radius 1 is 1.38 bits per heavy atom. The van der Waals surface area contributed by atoms with E-state index >= 15 is 0 Å². The Kier molecular flexibility index (Phi) is 5.32. The Hall–Kier alpha value is -1.02. The smallest absolute Gasteiger partial charge is 0.373 e. The van der Waals surface area contributed by atoms with E-state index in [0.717, 1.165) is 5.56 Å². The van der Waals surface area contributed by atoms with Crippen LogP contribution in [-0.4, -0.2) is 42.4 Å². The second-order valence-corrected chi connectivity index (χ2v) is 5.44. The Bertz CT molecular complexity index is 447. The first-order valence-corrected chi connectivity index (χ1v) is 7.01. The first kappa shape index (κ1) is 16.4. The molecule has 1 aliphatic carbocycles. The van der Waals surface area contributed by atoms with E-state index in [-0.39, 0.29) is 13.2 Å². The van der Waals surface area contributed by atoms with E-state index in [0.29, 0.717) is 0 Å². The summed E-state index contributed by atoms with van der Waals surface area (Å²) in [6, 6.07) is 8.51. The number of hydrogen-bond acceptors (Lipinski definition) is 4. The fourth-order valence-electron chi connectivity index (χ4n) is 2.64. The molecule has 1 aliphatic rings. The predicted molar refractivity (Wildman–Crippen MR) is 75.9 cm³/mol. The van der Waals surface area contributed by atoms with Crippen molar-refractivity contribution in [2.45, 2.75) is 25.4 Å². The van der Waals surface area contributed by atoms with Crippen molar-refractivity contribution in [3.8, 4) is 0 Å². The highest BCUT2D eigenvalue weighted by molar-refractivity contribution is 6.45. The van der Waals surface area contributed by atoms with Gasteiger partial charge >= 0.3 is 7.05 Å². The number of ether oxygens (including phenoxy) is 1. The molecule has 2 rings (SSSR count). The second kappa shape index (κ2) is 6.83. The number of nitrogens with one attached hydrogen (secondary N) is 1. The zero-order chi connectivity index (χ0) is 15.5. The summed E-state index contributed by atoms with van der Waals surface area (Å²) < 4.78 is 32.9. The first-order valence-electron chi connectivity index (χ1n) is 7.01. The van der Waals surface area contributed by atoms with Crippen LogP contribution in [-0.2, 0) is 11.3 Å². The number of alkyl halides is 2. The molecule has 0 spiro atoms. The second-order valence-electron chi connectivity index (χ2n) is 5.44. The lowest BCUT2D eigenvalue weighted by molar-refractivity contribution is 0.0436. The van der Waals surface area contributed by atoms with Gasteiger partial charge in [-0.25, -0.2) is 8.78 Å². The number of hydrogen-bond donors (Lipinski definition) is 3. The van der Waals surface area contributed by atoms with Crippen LogP contribution in [0.3, 0.4) is 0 Å². The van der Waals surface area contributed by atoms with Gasteiger partial charge < -0.3 is 20.1 Å². The molecule has 0 aliphatic heterocycles. The molecule has 0 amide bonds. The van der Waals surface area contributed by atoms with E-state index in [9.17, 15) is 18.9 Å². The van der Waals surface area contributed by atoms with Crippen molar-refractivity contribution >= 4 is 7.05 Å². The van der Waals surface area contributed by atoms with Gasteiger partial charge in [-0.3, -0.25) is 0 Å². The lowest BCUT2D eigenvalue weighted by atomic mass is 9.86. The minimum absolute atomic E-state index is 0.0649. The lowest BCUT2D eigenvalue weighted by Gasteiger charge is -2.16. The number of aliphatic hydroxyl groups is 1. The van der Waals surface area contributed by atoms with E-state index in [4.69, 9.17) is 4.74 Å². The molecule has 1 aromatic carbocycles. The van der Waals surface area contributed by atoms with E-state index in [1.165, 1.54) is 6.82 Å². The molecule has 116 valence electrons. The lowest BCUT2D eigenvalue weighted by Crippen LogP contribution is -2.44. The van der Waals surface area contributed by atoms with Crippen LogP contribution >= 0.6 is 0 Å². The zero-order valence-electron chi connectivity index (χ0n) is 11.9. The summed E-state index contributed by atoms with van der Waals surface area (Å²) >= 11 is 0. The summed E-state index contributed by atoms with van der Waals surface area (Å²) in [7, 11) is -0.940. The summed E-state index contributed by atoms with van der Waals surface area (Å²) in [6.07, 6.45) is 0. The van der Waals surface area contributed by atoms with Gasteiger partial charge in [0.05, 0.1) is 31.7 Å². The molecule has 1 aromatic rings. The standard InChI is InChI=1S/C14H20BF2NO3/c1-15(20)18-12(7-19)13-11(14(13,16)17)9-21-8-10-5-3-2-4-6-10/h2-6,11-13,18-20H,7-9H2,1H3. The molecule has 0 saturated heterocycles. The largest absolute Gasteiger partial charge is 0.437 e. The van der Waals surface area contributed by atoms with Crippen molar-refractivity contribution in [3.63, 3.8) is 0 Å². The normalized spacial score (nSPS) is 24.6. The highest BCUT2D eigenvalue weighted by Crippen LogP contribution is 2.57. The maximum Gasteiger partial charge on any atom is 0.373 e. The third kappa shape index (κ3) is 4.00. The third-order valence-electron chi connectivity index (χ3n) is 3.76. The van der Waals surface area contributed by atoms with E-state index in [2.05, 4.69) is 5.23 Å². The SMILES string of the molecule is CB(O)NC(CO)C1C(COCc2ccccc2)C1(F)F. The number of halogens is 2. The van der Waals surface area contributed by atoms with Gasteiger partial charge in [0.2, 0.25) is 0 Å². The molecule has 0 aromatic heterocycles. The zero-order valence-corrected chi connectivity index (χ0v) is 11.9. The number of benzene rings is 1. The Morgan fingerprint density at radius 2 is 2.05 bits per heavy atom. The fourth-order valence-corrected chi connectivity index (χ4v) is 2.64. The highest BCUT2D eigenvalue weighted by atomic mass is 19.3. The van der Waals surface area contributed by atoms with Crippen molar-refractivity contribution < 1.29 is 23.6 Å². The van der Waals surface area contributed by atoms with Crippen molar-refractivity contribution in [1.29, 1.82) is 0 Å². The quantitative estimate of drug-likeness (QED) is 0.630. The maximum atomic E-state index is 13.8. The molecule has 4 nitrogen and oxygen atoms in total. The fraction of sp³-hybridized carbons (Fsp3) is 0.571. The Labute approximate surface area is 123 Å². The van der Waals surface area contributed by atoms with E-state index in [1.54, 1.807) is 0 Å². The molecule has 0 radical (unpaired) electrons. The molecule has 0 heterocycles. The van der Waals surface area contributed by atoms with Crippen LogP contribution in [0.2, 0.25) is 6.82 Å². The molecule has 21 heavy (non-hydrogen) atoms. The van der Waals surface area contributed by atoms with E-state index in [1.807, 2.05) is 30.3 Å². The summed E-state index contributed by atoms with van der Waals surface area (Å²) in [6.45, 7) is 1.21. The van der Waals surface area contributed by atoms with Crippen LogP contribution in [0, 0.1) is 11.8 Å². The topological polar surface area (TPSA) is 61.7 Å². The van der Waals surface area contributed by atoms with Gasteiger partial charge in [0.1, 0.15) is 0 Å². The summed E-state index contributed by atoms with van der Waals surface area (Å²) in [4.78, 5) is 0. The van der Waals surface area contributed by atoms with Crippen LogP contribution < -0.4 is 5.23 Å². The molecular weight excluding hydrogens is 279 g/mol. The predicted octanol–water partition coefficient (Wildman–Crippen LogP) is 1.15. The molecule has 0 bridgehead atoms. The van der Waals surface area contributed by atoms with Gasteiger partial charge in [-0.2, -0.15) is 0 Å². The first-order chi connectivity index (χ1) is 9.96. The highest BCUT2D eigenvalue weighted by Gasteiger charge is 2.70. The van der Waals surface area contributed by atoms with Gasteiger partial charge in [-0.05, 0) is 12.4 Å². The van der Waals surface area contributed by atoms with Gasteiger partial charge in [-0.15, -0.1) is 0 Å². The molecule has 1 fully saturated rings. The molecule has 3 atom stereocenters. The van der Waals surface area contributed by atoms with Crippen LogP contribution in [0.5, 0.6) is 0 Å². The van der Waals surface area contributed by atoms with Crippen molar-refractivity contribution in [1.82, 2.24) is 5.23 Å².